The highest BCUT2D eigenvalue weighted by Gasteiger charge is 2.05. The Morgan fingerprint density at radius 3 is 2.76 bits per heavy atom. The minimum absolute atomic E-state index is 0.536. The lowest BCUT2D eigenvalue weighted by Crippen LogP contribution is -2.17. The van der Waals surface area contributed by atoms with Crippen molar-refractivity contribution in [3.8, 4) is 0 Å². The number of anilines is 1. The van der Waals surface area contributed by atoms with Gasteiger partial charge in [0.1, 0.15) is 5.82 Å². The molecule has 3 nitrogen and oxygen atoms in total. The van der Waals surface area contributed by atoms with Crippen LogP contribution in [0, 0.1) is 0 Å². The summed E-state index contributed by atoms with van der Waals surface area (Å²) in [5.74, 6) is 0.963. The van der Waals surface area contributed by atoms with Gasteiger partial charge in [-0.25, -0.2) is 4.98 Å². The highest BCUT2D eigenvalue weighted by molar-refractivity contribution is 9.11. The van der Waals surface area contributed by atoms with Crippen LogP contribution in [0.25, 0.3) is 0 Å². The standard InChI is InChI=1S/C12H14BrN3S/c1-16(7-10-4-11(13)17-8-10)12-3-2-9(5-14)6-15-12/h2-4,6,8H,5,7,14H2,1H3. The molecular formula is C12H14BrN3S. The van der Waals surface area contributed by atoms with E-state index < -0.39 is 0 Å². The minimum atomic E-state index is 0.536. The molecule has 0 radical (unpaired) electrons. The van der Waals surface area contributed by atoms with Crippen molar-refractivity contribution in [2.75, 3.05) is 11.9 Å². The fraction of sp³-hybridized carbons (Fsp3) is 0.250. The maximum Gasteiger partial charge on any atom is 0.128 e. The molecule has 17 heavy (non-hydrogen) atoms. The van der Waals surface area contributed by atoms with Crippen molar-refractivity contribution < 1.29 is 0 Å². The Kier molecular flexibility index (Phi) is 4.15. The van der Waals surface area contributed by atoms with E-state index in [1.165, 1.54) is 5.56 Å². The molecule has 0 amide bonds. The summed E-state index contributed by atoms with van der Waals surface area (Å²) >= 11 is 5.17. The fourth-order valence-electron chi connectivity index (χ4n) is 1.55. The third-order valence-corrected chi connectivity index (χ3v) is 4.03. The molecule has 2 aromatic heterocycles. The Balaban J connectivity index is 2.06. The number of nitrogens with zero attached hydrogens (tertiary/aromatic N) is 2. The van der Waals surface area contributed by atoms with Gasteiger partial charge in [0.25, 0.3) is 0 Å². The van der Waals surface area contributed by atoms with Crippen LogP contribution < -0.4 is 10.6 Å². The predicted molar refractivity (Wildman–Crippen MR) is 76.3 cm³/mol. The molecule has 0 saturated carbocycles. The van der Waals surface area contributed by atoms with E-state index in [1.54, 1.807) is 11.3 Å². The number of hydrogen-bond acceptors (Lipinski definition) is 4. The number of nitrogens with two attached hydrogens (primary N) is 1. The summed E-state index contributed by atoms with van der Waals surface area (Å²) in [6, 6.07) is 6.15. The normalized spacial score (nSPS) is 10.5. The molecule has 0 aromatic carbocycles. The van der Waals surface area contributed by atoms with Gasteiger partial charge in [-0.3, -0.25) is 0 Å². The lowest BCUT2D eigenvalue weighted by molar-refractivity contribution is 0.896. The maximum atomic E-state index is 5.54. The van der Waals surface area contributed by atoms with Gasteiger partial charge >= 0.3 is 0 Å². The van der Waals surface area contributed by atoms with E-state index in [-0.39, 0.29) is 0 Å². The van der Waals surface area contributed by atoms with Crippen LogP contribution in [0.1, 0.15) is 11.1 Å². The van der Waals surface area contributed by atoms with E-state index in [1.807, 2.05) is 25.4 Å². The zero-order valence-electron chi connectivity index (χ0n) is 9.56. The highest BCUT2D eigenvalue weighted by Crippen LogP contribution is 2.22. The van der Waals surface area contributed by atoms with Crippen molar-refractivity contribution in [3.05, 3.63) is 44.7 Å². The average Bonchev–Trinajstić information content (AvgIpc) is 2.75. The van der Waals surface area contributed by atoms with Crippen molar-refractivity contribution in [1.82, 2.24) is 4.98 Å². The Hall–Kier alpha value is -0.910. The van der Waals surface area contributed by atoms with Crippen molar-refractivity contribution in [3.63, 3.8) is 0 Å². The molecule has 0 bridgehead atoms. The summed E-state index contributed by atoms with van der Waals surface area (Å²) in [6.45, 7) is 1.39. The van der Waals surface area contributed by atoms with Crippen LogP contribution in [0.3, 0.4) is 0 Å². The van der Waals surface area contributed by atoms with E-state index in [9.17, 15) is 0 Å². The molecule has 0 unspecified atom stereocenters. The first-order valence-electron chi connectivity index (χ1n) is 5.28. The van der Waals surface area contributed by atoms with E-state index in [2.05, 4.69) is 37.3 Å². The van der Waals surface area contributed by atoms with Gasteiger partial charge in [0.2, 0.25) is 0 Å². The third kappa shape index (κ3) is 3.28. The largest absolute Gasteiger partial charge is 0.355 e. The first-order chi connectivity index (χ1) is 8.19. The number of halogens is 1. The fourth-order valence-corrected chi connectivity index (χ4v) is 2.75. The van der Waals surface area contributed by atoms with E-state index in [0.29, 0.717) is 6.54 Å². The lowest BCUT2D eigenvalue weighted by atomic mass is 10.2. The van der Waals surface area contributed by atoms with Gasteiger partial charge in [0.05, 0.1) is 3.79 Å². The average molecular weight is 312 g/mol. The van der Waals surface area contributed by atoms with E-state index in [0.717, 1.165) is 21.7 Å². The summed E-state index contributed by atoms with van der Waals surface area (Å²) < 4.78 is 1.16. The first-order valence-corrected chi connectivity index (χ1v) is 6.95. The molecule has 90 valence electrons. The predicted octanol–water partition coefficient (Wildman–Crippen LogP) is 3.00. The Labute approximate surface area is 113 Å². The number of hydrogen-bond donors (Lipinski definition) is 1. The van der Waals surface area contributed by atoms with Gasteiger partial charge in [0, 0.05) is 26.3 Å². The lowest BCUT2D eigenvalue weighted by Gasteiger charge is -2.17. The van der Waals surface area contributed by atoms with Crippen LogP contribution >= 0.6 is 27.3 Å². The van der Waals surface area contributed by atoms with Crippen molar-refractivity contribution in [2.45, 2.75) is 13.1 Å². The number of pyridine rings is 1. The molecule has 0 fully saturated rings. The Bertz CT molecular complexity index is 481. The second-order valence-electron chi connectivity index (χ2n) is 3.84. The second-order valence-corrected chi connectivity index (χ2v) is 6.13. The summed E-state index contributed by atoms with van der Waals surface area (Å²) in [5, 5.41) is 2.15. The molecule has 0 spiro atoms. The van der Waals surface area contributed by atoms with Crippen LogP contribution in [-0.4, -0.2) is 12.0 Å². The summed E-state index contributed by atoms with van der Waals surface area (Å²) in [4.78, 5) is 6.51. The molecular weight excluding hydrogens is 298 g/mol. The molecule has 0 aliphatic carbocycles. The Morgan fingerprint density at radius 2 is 2.24 bits per heavy atom. The van der Waals surface area contributed by atoms with Crippen LogP contribution in [0.15, 0.2) is 33.6 Å². The Morgan fingerprint density at radius 1 is 1.41 bits per heavy atom. The molecule has 2 heterocycles. The molecule has 0 aliphatic rings. The highest BCUT2D eigenvalue weighted by atomic mass is 79.9. The molecule has 0 atom stereocenters. The first kappa shape index (κ1) is 12.5. The summed E-state index contributed by atoms with van der Waals surface area (Å²) in [7, 11) is 2.04. The smallest absolute Gasteiger partial charge is 0.128 e. The molecule has 0 aliphatic heterocycles. The molecule has 5 heteroatoms. The zero-order valence-corrected chi connectivity index (χ0v) is 12.0. The SMILES string of the molecule is CN(Cc1csc(Br)c1)c1ccc(CN)cn1. The quantitative estimate of drug-likeness (QED) is 0.944. The van der Waals surface area contributed by atoms with Gasteiger partial charge < -0.3 is 10.6 Å². The van der Waals surface area contributed by atoms with Gasteiger partial charge in [-0.2, -0.15) is 0 Å². The van der Waals surface area contributed by atoms with E-state index >= 15 is 0 Å². The molecule has 2 aromatic rings. The van der Waals surface area contributed by atoms with E-state index in [4.69, 9.17) is 5.73 Å². The summed E-state index contributed by atoms with van der Waals surface area (Å²) in [6.07, 6.45) is 1.83. The molecule has 2 N–H and O–H groups in total. The van der Waals surface area contributed by atoms with Gasteiger partial charge in [-0.05, 0) is 44.6 Å². The topological polar surface area (TPSA) is 42.1 Å². The van der Waals surface area contributed by atoms with Gasteiger partial charge in [0.15, 0.2) is 0 Å². The third-order valence-electron chi connectivity index (χ3n) is 2.48. The van der Waals surface area contributed by atoms with Crippen LogP contribution in [-0.2, 0) is 13.1 Å². The number of thiophene rings is 1. The van der Waals surface area contributed by atoms with Gasteiger partial charge in [-0.1, -0.05) is 6.07 Å². The summed E-state index contributed by atoms with van der Waals surface area (Å²) in [5.41, 5.74) is 7.89. The monoisotopic (exact) mass is 311 g/mol. The number of rotatable bonds is 4. The number of aromatic nitrogens is 1. The molecule has 2 rings (SSSR count). The zero-order chi connectivity index (χ0) is 12.3. The minimum Gasteiger partial charge on any atom is -0.355 e. The second kappa shape index (κ2) is 5.62. The van der Waals surface area contributed by atoms with Crippen molar-refractivity contribution in [1.29, 1.82) is 0 Å². The van der Waals surface area contributed by atoms with Crippen LogP contribution in [0.4, 0.5) is 5.82 Å². The van der Waals surface area contributed by atoms with Crippen LogP contribution in [0.2, 0.25) is 0 Å². The van der Waals surface area contributed by atoms with Crippen molar-refractivity contribution >= 4 is 33.1 Å². The molecule has 0 saturated heterocycles. The maximum absolute atomic E-state index is 5.54. The van der Waals surface area contributed by atoms with Crippen molar-refractivity contribution in [2.24, 2.45) is 5.73 Å². The van der Waals surface area contributed by atoms with Gasteiger partial charge in [-0.15, -0.1) is 11.3 Å². The van der Waals surface area contributed by atoms with Crippen LogP contribution in [0.5, 0.6) is 0 Å².